The number of hydrogen-bond donors (Lipinski definition) is 0. The summed E-state index contributed by atoms with van der Waals surface area (Å²) in [4.78, 5) is 19.5. The Kier molecular flexibility index (Phi) is 4.57. The summed E-state index contributed by atoms with van der Waals surface area (Å²) in [5.74, 6) is 0.131. The van der Waals surface area contributed by atoms with E-state index in [1.165, 1.54) is 12.0 Å². The Morgan fingerprint density at radius 3 is 3.00 bits per heavy atom. The second-order valence-electron chi connectivity index (χ2n) is 6.05. The van der Waals surface area contributed by atoms with Gasteiger partial charge in [-0.2, -0.15) is 0 Å². The average Bonchev–Trinajstić information content (AvgIpc) is 3.08. The molecule has 3 rings (SSSR count). The Balaban J connectivity index is 1.82. The molecule has 0 saturated carbocycles. The van der Waals surface area contributed by atoms with E-state index in [-0.39, 0.29) is 17.9 Å². The van der Waals surface area contributed by atoms with Crippen LogP contribution in [0.1, 0.15) is 54.3 Å². The van der Waals surface area contributed by atoms with Crippen LogP contribution in [0, 0.1) is 6.92 Å². The van der Waals surface area contributed by atoms with Crippen LogP contribution in [0.2, 0.25) is 0 Å². The van der Waals surface area contributed by atoms with E-state index in [0.29, 0.717) is 0 Å². The van der Waals surface area contributed by atoms with E-state index >= 15 is 0 Å². The van der Waals surface area contributed by atoms with E-state index in [1.54, 1.807) is 11.3 Å². The molecule has 3 nitrogen and oxygen atoms in total. The van der Waals surface area contributed by atoms with Gasteiger partial charge in [-0.25, -0.2) is 4.98 Å². The maximum Gasteiger partial charge on any atom is 0.230 e. The van der Waals surface area contributed by atoms with Gasteiger partial charge in [0.2, 0.25) is 5.91 Å². The molecule has 4 heteroatoms. The van der Waals surface area contributed by atoms with Crippen molar-refractivity contribution in [1.29, 1.82) is 0 Å². The van der Waals surface area contributed by atoms with Crippen LogP contribution in [0.5, 0.6) is 0 Å². The zero-order chi connectivity index (χ0) is 15.5. The zero-order valence-corrected chi connectivity index (χ0v) is 14.0. The lowest BCUT2D eigenvalue weighted by Gasteiger charge is -2.36. The van der Waals surface area contributed by atoms with E-state index in [4.69, 9.17) is 0 Å². The number of amides is 1. The maximum atomic E-state index is 13.0. The minimum Gasteiger partial charge on any atom is -0.333 e. The fraction of sp³-hybridized carbons (Fsp3) is 0.444. The summed E-state index contributed by atoms with van der Waals surface area (Å²) < 4.78 is 0. The molecule has 1 aliphatic heterocycles. The third kappa shape index (κ3) is 3.07. The van der Waals surface area contributed by atoms with Crippen LogP contribution in [0.4, 0.5) is 0 Å². The van der Waals surface area contributed by atoms with Crippen molar-refractivity contribution in [2.75, 3.05) is 6.54 Å². The van der Waals surface area contributed by atoms with E-state index in [9.17, 15) is 4.79 Å². The monoisotopic (exact) mass is 314 g/mol. The molecular weight excluding hydrogens is 292 g/mol. The number of aryl methyl sites for hydroxylation is 1. The molecule has 0 aliphatic carbocycles. The van der Waals surface area contributed by atoms with Crippen LogP contribution in [-0.2, 0) is 4.79 Å². The van der Waals surface area contributed by atoms with Gasteiger partial charge in [-0.1, -0.05) is 29.8 Å². The third-order valence-corrected chi connectivity index (χ3v) is 5.31. The van der Waals surface area contributed by atoms with Gasteiger partial charge in [-0.15, -0.1) is 11.3 Å². The normalized spacial score (nSPS) is 19.9. The van der Waals surface area contributed by atoms with Gasteiger partial charge >= 0.3 is 0 Å². The Morgan fingerprint density at radius 2 is 2.27 bits per heavy atom. The highest BCUT2D eigenvalue weighted by Gasteiger charge is 2.32. The summed E-state index contributed by atoms with van der Waals surface area (Å²) in [5, 5.41) is 3.07. The molecule has 116 valence electrons. The lowest BCUT2D eigenvalue weighted by atomic mass is 9.95. The number of thiazole rings is 1. The molecule has 1 saturated heterocycles. The quantitative estimate of drug-likeness (QED) is 0.846. The number of aromatic nitrogens is 1. The van der Waals surface area contributed by atoms with Crippen LogP contribution in [0.15, 0.2) is 35.8 Å². The highest BCUT2D eigenvalue weighted by atomic mass is 32.1. The van der Waals surface area contributed by atoms with Crippen molar-refractivity contribution in [2.45, 2.75) is 45.1 Å². The number of piperidine rings is 1. The Hall–Kier alpha value is -1.68. The standard InChI is InChI=1S/C18H22N2OS/c1-13-6-5-7-15(12-13)14(2)18(21)20-10-4-3-8-16(20)17-19-9-11-22-17/h5-7,9,11-12,14,16H,3-4,8,10H2,1-2H3. The minimum atomic E-state index is -0.0968. The second kappa shape index (κ2) is 6.61. The lowest BCUT2D eigenvalue weighted by Crippen LogP contribution is -2.40. The molecule has 1 aromatic heterocycles. The Labute approximate surface area is 136 Å². The average molecular weight is 314 g/mol. The van der Waals surface area contributed by atoms with Gasteiger partial charge in [0.05, 0.1) is 12.0 Å². The van der Waals surface area contributed by atoms with Crippen LogP contribution in [-0.4, -0.2) is 22.3 Å². The molecule has 1 aromatic carbocycles. The number of rotatable bonds is 3. The number of carbonyl (C=O) groups is 1. The molecule has 2 aromatic rings. The van der Waals surface area contributed by atoms with Gasteiger partial charge < -0.3 is 4.90 Å². The highest BCUT2D eigenvalue weighted by Crippen LogP contribution is 2.34. The fourth-order valence-corrected chi connectivity index (χ4v) is 3.97. The van der Waals surface area contributed by atoms with Crippen LogP contribution < -0.4 is 0 Å². The van der Waals surface area contributed by atoms with Crippen molar-refractivity contribution in [3.05, 3.63) is 52.0 Å². The van der Waals surface area contributed by atoms with E-state index in [1.807, 2.05) is 24.6 Å². The van der Waals surface area contributed by atoms with E-state index in [2.05, 4.69) is 35.0 Å². The maximum absolute atomic E-state index is 13.0. The van der Waals surface area contributed by atoms with Gasteiger partial charge in [0, 0.05) is 18.1 Å². The minimum absolute atomic E-state index is 0.0968. The SMILES string of the molecule is Cc1cccc(C(C)C(=O)N2CCCCC2c2nccs2)c1. The first-order chi connectivity index (χ1) is 10.7. The molecule has 1 amide bonds. The molecule has 0 bridgehead atoms. The molecular formula is C18H22N2OS. The summed E-state index contributed by atoms with van der Waals surface area (Å²) in [7, 11) is 0. The predicted octanol–water partition coefficient (Wildman–Crippen LogP) is 4.31. The van der Waals surface area contributed by atoms with Crippen LogP contribution >= 0.6 is 11.3 Å². The fourth-order valence-electron chi connectivity index (χ4n) is 3.18. The first-order valence-electron chi connectivity index (χ1n) is 7.93. The van der Waals surface area contributed by atoms with Gasteiger partial charge in [-0.3, -0.25) is 4.79 Å². The lowest BCUT2D eigenvalue weighted by molar-refractivity contribution is -0.136. The third-order valence-electron chi connectivity index (χ3n) is 4.43. The number of benzene rings is 1. The van der Waals surface area contributed by atoms with E-state index < -0.39 is 0 Å². The topological polar surface area (TPSA) is 33.2 Å². The van der Waals surface area contributed by atoms with Crippen LogP contribution in [0.25, 0.3) is 0 Å². The summed E-state index contributed by atoms with van der Waals surface area (Å²) in [6.45, 7) is 4.93. The molecule has 2 heterocycles. The Bertz CT molecular complexity index is 638. The molecule has 2 unspecified atom stereocenters. The molecule has 0 spiro atoms. The van der Waals surface area contributed by atoms with Gasteiger partial charge in [-0.05, 0) is 38.7 Å². The highest BCUT2D eigenvalue weighted by molar-refractivity contribution is 7.09. The molecule has 1 fully saturated rings. The van der Waals surface area contributed by atoms with Gasteiger partial charge in [0.1, 0.15) is 5.01 Å². The summed E-state index contributed by atoms with van der Waals surface area (Å²) in [6.07, 6.45) is 5.13. The zero-order valence-electron chi connectivity index (χ0n) is 13.2. The Morgan fingerprint density at radius 1 is 1.41 bits per heavy atom. The summed E-state index contributed by atoms with van der Waals surface area (Å²) >= 11 is 1.66. The first-order valence-corrected chi connectivity index (χ1v) is 8.81. The van der Waals surface area contributed by atoms with Crippen molar-refractivity contribution in [3.63, 3.8) is 0 Å². The van der Waals surface area contributed by atoms with Crippen LogP contribution in [0.3, 0.4) is 0 Å². The molecule has 1 aliphatic rings. The molecule has 0 N–H and O–H groups in total. The largest absolute Gasteiger partial charge is 0.333 e. The smallest absolute Gasteiger partial charge is 0.230 e. The summed E-state index contributed by atoms with van der Waals surface area (Å²) in [5.41, 5.74) is 2.31. The predicted molar refractivity (Wildman–Crippen MR) is 90.0 cm³/mol. The van der Waals surface area contributed by atoms with Crippen molar-refractivity contribution < 1.29 is 4.79 Å². The second-order valence-corrected chi connectivity index (χ2v) is 6.98. The number of carbonyl (C=O) groups excluding carboxylic acids is 1. The van der Waals surface area contributed by atoms with Gasteiger partial charge in [0.25, 0.3) is 0 Å². The number of hydrogen-bond acceptors (Lipinski definition) is 3. The first kappa shape index (κ1) is 15.2. The van der Waals surface area contributed by atoms with Gasteiger partial charge in [0.15, 0.2) is 0 Å². The summed E-state index contributed by atoms with van der Waals surface area (Å²) in [6, 6.07) is 8.43. The molecule has 22 heavy (non-hydrogen) atoms. The number of nitrogens with zero attached hydrogens (tertiary/aromatic N) is 2. The van der Waals surface area contributed by atoms with Crippen molar-refractivity contribution in [3.8, 4) is 0 Å². The van der Waals surface area contributed by atoms with Crippen molar-refractivity contribution >= 4 is 17.2 Å². The molecule has 2 atom stereocenters. The number of likely N-dealkylation sites (tertiary alicyclic amines) is 1. The van der Waals surface area contributed by atoms with Crippen molar-refractivity contribution in [1.82, 2.24) is 9.88 Å². The molecule has 0 radical (unpaired) electrons. The van der Waals surface area contributed by atoms with Crippen molar-refractivity contribution in [2.24, 2.45) is 0 Å². The van der Waals surface area contributed by atoms with E-state index in [0.717, 1.165) is 30.0 Å².